The molecule has 0 saturated heterocycles. The monoisotopic (exact) mass is 275 g/mol. The maximum atomic E-state index is 12.2. The highest BCUT2D eigenvalue weighted by atomic mass is 16.3. The molecule has 1 aliphatic carbocycles. The molecule has 0 radical (unpaired) electrons. The van der Waals surface area contributed by atoms with Crippen molar-refractivity contribution in [2.24, 2.45) is 5.41 Å². The number of amides is 1. The molecule has 0 aliphatic heterocycles. The first-order valence-electron chi connectivity index (χ1n) is 7.41. The molecule has 2 atom stereocenters. The normalized spacial score (nSPS) is 20.1. The molecular formula is C17H25NO2. The van der Waals surface area contributed by atoms with E-state index in [1.54, 1.807) is 6.92 Å². The van der Waals surface area contributed by atoms with Crippen LogP contribution in [0.5, 0.6) is 0 Å². The molecule has 3 nitrogen and oxygen atoms in total. The molecular weight excluding hydrogens is 250 g/mol. The Morgan fingerprint density at radius 2 is 2.10 bits per heavy atom. The van der Waals surface area contributed by atoms with E-state index in [1.165, 1.54) is 11.1 Å². The second-order valence-electron chi connectivity index (χ2n) is 6.80. The van der Waals surface area contributed by atoms with Crippen molar-refractivity contribution in [2.75, 3.05) is 0 Å². The average Bonchev–Trinajstić information content (AvgIpc) is 2.37. The minimum absolute atomic E-state index is 0.0733. The molecule has 0 heterocycles. The van der Waals surface area contributed by atoms with Crippen LogP contribution in [0.15, 0.2) is 18.2 Å². The van der Waals surface area contributed by atoms with Gasteiger partial charge in [-0.2, -0.15) is 0 Å². The fraction of sp³-hybridized carbons (Fsp3) is 0.588. The summed E-state index contributed by atoms with van der Waals surface area (Å²) in [6, 6.07) is 6.20. The Hall–Kier alpha value is -1.35. The molecule has 20 heavy (non-hydrogen) atoms. The molecule has 0 bridgehead atoms. The van der Waals surface area contributed by atoms with Crippen LogP contribution in [0, 0.1) is 5.41 Å². The van der Waals surface area contributed by atoms with Gasteiger partial charge in [-0.3, -0.25) is 4.79 Å². The number of hydrogen-bond donors (Lipinski definition) is 2. The van der Waals surface area contributed by atoms with E-state index in [0.29, 0.717) is 0 Å². The van der Waals surface area contributed by atoms with E-state index >= 15 is 0 Å². The van der Waals surface area contributed by atoms with Gasteiger partial charge in [-0.15, -0.1) is 0 Å². The zero-order valence-corrected chi connectivity index (χ0v) is 12.9. The predicted octanol–water partition coefficient (Wildman–Crippen LogP) is 3.28. The zero-order chi connectivity index (χ0) is 14.9. The lowest BCUT2D eigenvalue weighted by atomic mass is 9.85. The van der Waals surface area contributed by atoms with Crippen molar-refractivity contribution in [3.63, 3.8) is 0 Å². The van der Waals surface area contributed by atoms with Gasteiger partial charge in [0, 0.05) is 5.41 Å². The van der Waals surface area contributed by atoms with Gasteiger partial charge in [-0.1, -0.05) is 39.0 Å². The number of aliphatic hydroxyl groups excluding tert-OH is 1. The van der Waals surface area contributed by atoms with Gasteiger partial charge in [0.2, 0.25) is 5.91 Å². The number of benzene rings is 1. The van der Waals surface area contributed by atoms with E-state index in [4.69, 9.17) is 0 Å². The van der Waals surface area contributed by atoms with Gasteiger partial charge >= 0.3 is 0 Å². The summed E-state index contributed by atoms with van der Waals surface area (Å²) in [6.45, 7) is 7.56. The molecule has 0 saturated carbocycles. The fourth-order valence-corrected chi connectivity index (χ4v) is 2.60. The van der Waals surface area contributed by atoms with Gasteiger partial charge in [-0.25, -0.2) is 0 Å². The van der Waals surface area contributed by atoms with E-state index in [1.807, 2.05) is 32.9 Å². The van der Waals surface area contributed by atoms with Crippen molar-refractivity contribution < 1.29 is 9.90 Å². The molecule has 3 heteroatoms. The summed E-state index contributed by atoms with van der Waals surface area (Å²) >= 11 is 0. The summed E-state index contributed by atoms with van der Waals surface area (Å²) in [5, 5.41) is 12.9. The fourth-order valence-electron chi connectivity index (χ4n) is 2.60. The molecule has 1 amide bonds. The van der Waals surface area contributed by atoms with Crippen LogP contribution >= 0.6 is 0 Å². The van der Waals surface area contributed by atoms with Gasteiger partial charge in [0.1, 0.15) is 0 Å². The van der Waals surface area contributed by atoms with Gasteiger partial charge in [0.05, 0.1) is 12.1 Å². The second kappa shape index (κ2) is 5.57. The van der Waals surface area contributed by atoms with Crippen molar-refractivity contribution in [3.8, 4) is 0 Å². The minimum atomic E-state index is -0.471. The predicted molar refractivity (Wildman–Crippen MR) is 80.4 cm³/mol. The molecule has 1 aliphatic rings. The molecule has 0 fully saturated rings. The molecule has 1 aromatic rings. The van der Waals surface area contributed by atoms with Crippen molar-refractivity contribution >= 4 is 5.91 Å². The Morgan fingerprint density at radius 3 is 2.70 bits per heavy atom. The summed E-state index contributed by atoms with van der Waals surface area (Å²) in [5.41, 5.74) is 3.01. The maximum Gasteiger partial charge on any atom is 0.225 e. The first-order valence-corrected chi connectivity index (χ1v) is 7.41. The van der Waals surface area contributed by atoms with Crippen LogP contribution in [0.25, 0.3) is 0 Å². The number of aryl methyl sites for hydroxylation is 1. The third-order valence-corrected chi connectivity index (χ3v) is 3.95. The van der Waals surface area contributed by atoms with Crippen LogP contribution in [0.4, 0.5) is 0 Å². The quantitative estimate of drug-likeness (QED) is 0.870. The summed E-state index contributed by atoms with van der Waals surface area (Å²) in [7, 11) is 0. The molecule has 110 valence electrons. The molecule has 1 aromatic carbocycles. The van der Waals surface area contributed by atoms with Crippen molar-refractivity contribution in [2.45, 2.75) is 59.1 Å². The lowest BCUT2D eigenvalue weighted by Gasteiger charge is -2.30. The second-order valence-corrected chi connectivity index (χ2v) is 6.80. The van der Waals surface area contributed by atoms with Crippen LogP contribution in [0.1, 0.15) is 69.4 Å². The number of hydrogen-bond acceptors (Lipinski definition) is 2. The zero-order valence-electron chi connectivity index (χ0n) is 12.9. The number of nitrogens with one attached hydrogen (secondary N) is 1. The van der Waals surface area contributed by atoms with Crippen LogP contribution in [-0.2, 0) is 11.2 Å². The van der Waals surface area contributed by atoms with E-state index in [2.05, 4.69) is 11.4 Å². The van der Waals surface area contributed by atoms with Gasteiger partial charge in [0.15, 0.2) is 0 Å². The summed E-state index contributed by atoms with van der Waals surface area (Å²) in [5.74, 6) is 0.0813. The lowest BCUT2D eigenvalue weighted by Crippen LogP contribution is -2.38. The van der Waals surface area contributed by atoms with Crippen LogP contribution in [0.3, 0.4) is 0 Å². The number of carbonyl (C=O) groups excluding carboxylic acids is 1. The van der Waals surface area contributed by atoms with Crippen LogP contribution in [0.2, 0.25) is 0 Å². The largest absolute Gasteiger partial charge is 0.389 e. The number of rotatable bonds is 2. The first kappa shape index (κ1) is 15.0. The summed E-state index contributed by atoms with van der Waals surface area (Å²) < 4.78 is 0. The maximum absolute atomic E-state index is 12.2. The molecule has 2 rings (SSSR count). The van der Waals surface area contributed by atoms with E-state index in [-0.39, 0.29) is 17.4 Å². The van der Waals surface area contributed by atoms with E-state index < -0.39 is 6.10 Å². The summed E-state index contributed by atoms with van der Waals surface area (Å²) in [4.78, 5) is 12.2. The Morgan fingerprint density at radius 1 is 1.40 bits per heavy atom. The average molecular weight is 275 g/mol. The third kappa shape index (κ3) is 3.21. The third-order valence-electron chi connectivity index (χ3n) is 3.95. The van der Waals surface area contributed by atoms with Crippen LogP contribution < -0.4 is 5.32 Å². The highest BCUT2D eigenvalue weighted by Gasteiger charge is 2.27. The van der Waals surface area contributed by atoms with Crippen molar-refractivity contribution in [3.05, 3.63) is 34.9 Å². The molecule has 0 aromatic heterocycles. The van der Waals surface area contributed by atoms with Crippen molar-refractivity contribution in [1.29, 1.82) is 0 Å². The smallest absolute Gasteiger partial charge is 0.225 e. The Bertz CT molecular complexity index is 500. The van der Waals surface area contributed by atoms with E-state index in [9.17, 15) is 9.90 Å². The Balaban J connectivity index is 2.27. The highest BCUT2D eigenvalue weighted by molar-refractivity contribution is 5.81. The summed E-state index contributed by atoms with van der Waals surface area (Å²) in [6.07, 6.45) is 2.65. The van der Waals surface area contributed by atoms with Crippen molar-refractivity contribution in [1.82, 2.24) is 5.32 Å². The molecule has 2 N–H and O–H groups in total. The lowest BCUT2D eigenvalue weighted by molar-refractivity contribution is -0.129. The SMILES string of the molecule is CC(O)c1ccc2c(c1)C(NC(=O)C(C)(C)C)CCC2. The van der Waals surface area contributed by atoms with Crippen LogP contribution in [-0.4, -0.2) is 11.0 Å². The number of carbonyl (C=O) groups is 1. The first-order chi connectivity index (χ1) is 9.29. The highest BCUT2D eigenvalue weighted by Crippen LogP contribution is 2.32. The van der Waals surface area contributed by atoms with Gasteiger partial charge < -0.3 is 10.4 Å². The number of aliphatic hydroxyl groups is 1. The number of fused-ring (bicyclic) bond motifs is 1. The topological polar surface area (TPSA) is 49.3 Å². The van der Waals surface area contributed by atoms with Gasteiger partial charge in [-0.05, 0) is 42.9 Å². The molecule has 2 unspecified atom stereocenters. The molecule has 0 spiro atoms. The minimum Gasteiger partial charge on any atom is -0.389 e. The van der Waals surface area contributed by atoms with Gasteiger partial charge in [0.25, 0.3) is 0 Å². The van der Waals surface area contributed by atoms with E-state index in [0.717, 1.165) is 24.8 Å². The Kier molecular flexibility index (Phi) is 4.19. The standard InChI is InChI=1S/C17H25NO2/c1-11(19)13-9-8-12-6-5-7-15(14(12)10-13)18-16(20)17(2,3)4/h8-11,15,19H,5-7H2,1-4H3,(H,18,20). The Labute approximate surface area is 121 Å².